The molecule has 4 nitrogen and oxygen atoms in total. The predicted molar refractivity (Wildman–Crippen MR) is 38.0 cm³/mol. The Morgan fingerprint density at radius 3 is 2.80 bits per heavy atom. The molecule has 0 aromatic heterocycles. The summed E-state index contributed by atoms with van der Waals surface area (Å²) in [7, 11) is 0. The van der Waals surface area contributed by atoms with E-state index in [4.69, 9.17) is 11.5 Å². The molecular formula is C6H13N3O. The SMILES string of the molecule is NCC(=O)N1CCC[C@H]1N. The van der Waals surface area contributed by atoms with Crippen molar-refractivity contribution in [2.24, 2.45) is 11.5 Å². The van der Waals surface area contributed by atoms with Crippen molar-refractivity contribution >= 4 is 5.91 Å². The van der Waals surface area contributed by atoms with Gasteiger partial charge in [0.05, 0.1) is 12.7 Å². The van der Waals surface area contributed by atoms with Gasteiger partial charge in [0.15, 0.2) is 0 Å². The average Bonchev–Trinajstić information content (AvgIpc) is 2.34. The van der Waals surface area contributed by atoms with Crippen molar-refractivity contribution in [3.63, 3.8) is 0 Å². The highest BCUT2D eigenvalue weighted by Crippen LogP contribution is 2.11. The van der Waals surface area contributed by atoms with Crippen molar-refractivity contribution in [2.75, 3.05) is 13.1 Å². The maximum Gasteiger partial charge on any atom is 0.237 e. The number of carbonyl (C=O) groups excluding carboxylic acids is 1. The molecule has 1 aliphatic rings. The first kappa shape index (κ1) is 7.50. The second-order valence-electron chi connectivity index (χ2n) is 2.50. The minimum absolute atomic E-state index is 0.0370. The molecule has 1 aliphatic heterocycles. The Morgan fingerprint density at radius 1 is 1.70 bits per heavy atom. The Hall–Kier alpha value is -0.610. The summed E-state index contributed by atoms with van der Waals surface area (Å²) in [5.74, 6) is -0.0370. The fourth-order valence-electron chi connectivity index (χ4n) is 1.22. The number of carbonyl (C=O) groups is 1. The lowest BCUT2D eigenvalue weighted by Crippen LogP contribution is -2.43. The van der Waals surface area contributed by atoms with Gasteiger partial charge in [-0.2, -0.15) is 0 Å². The van der Waals surface area contributed by atoms with Gasteiger partial charge in [-0.1, -0.05) is 0 Å². The van der Waals surface area contributed by atoms with Gasteiger partial charge in [0, 0.05) is 6.54 Å². The fourth-order valence-corrected chi connectivity index (χ4v) is 1.22. The van der Waals surface area contributed by atoms with E-state index >= 15 is 0 Å². The fraction of sp³-hybridized carbons (Fsp3) is 0.833. The van der Waals surface area contributed by atoms with Gasteiger partial charge in [-0.15, -0.1) is 0 Å². The van der Waals surface area contributed by atoms with E-state index in [-0.39, 0.29) is 18.6 Å². The van der Waals surface area contributed by atoms with E-state index in [1.807, 2.05) is 0 Å². The van der Waals surface area contributed by atoms with Crippen molar-refractivity contribution in [3.05, 3.63) is 0 Å². The third-order valence-corrected chi connectivity index (χ3v) is 1.79. The molecule has 0 spiro atoms. The number of amides is 1. The number of nitrogens with two attached hydrogens (primary N) is 2. The highest BCUT2D eigenvalue weighted by Gasteiger charge is 2.23. The lowest BCUT2D eigenvalue weighted by atomic mass is 10.3. The van der Waals surface area contributed by atoms with Gasteiger partial charge in [0.1, 0.15) is 0 Å². The monoisotopic (exact) mass is 143 g/mol. The van der Waals surface area contributed by atoms with Crippen LogP contribution in [0.15, 0.2) is 0 Å². The maximum atomic E-state index is 10.9. The van der Waals surface area contributed by atoms with Crippen molar-refractivity contribution in [2.45, 2.75) is 19.0 Å². The quantitative estimate of drug-likeness (QED) is 0.487. The summed E-state index contributed by atoms with van der Waals surface area (Å²) >= 11 is 0. The molecule has 1 rings (SSSR count). The van der Waals surface area contributed by atoms with Gasteiger partial charge in [-0.05, 0) is 12.8 Å². The van der Waals surface area contributed by atoms with Crippen molar-refractivity contribution in [1.29, 1.82) is 0 Å². The van der Waals surface area contributed by atoms with Crippen molar-refractivity contribution < 1.29 is 4.79 Å². The molecule has 0 aromatic carbocycles. The molecule has 1 saturated heterocycles. The zero-order valence-electron chi connectivity index (χ0n) is 5.92. The third kappa shape index (κ3) is 1.27. The summed E-state index contributed by atoms with van der Waals surface area (Å²) in [6.45, 7) is 0.852. The Morgan fingerprint density at radius 2 is 2.40 bits per heavy atom. The average molecular weight is 143 g/mol. The van der Waals surface area contributed by atoms with Gasteiger partial charge in [-0.3, -0.25) is 4.79 Å². The van der Waals surface area contributed by atoms with Crippen LogP contribution in [0.5, 0.6) is 0 Å². The van der Waals surface area contributed by atoms with Crippen LogP contribution in [-0.4, -0.2) is 30.1 Å². The van der Waals surface area contributed by atoms with E-state index in [0.29, 0.717) is 0 Å². The van der Waals surface area contributed by atoms with Gasteiger partial charge in [-0.25, -0.2) is 0 Å². The molecule has 58 valence electrons. The van der Waals surface area contributed by atoms with E-state index in [2.05, 4.69) is 0 Å². The molecule has 0 aromatic rings. The molecular weight excluding hydrogens is 130 g/mol. The van der Waals surface area contributed by atoms with Crippen molar-refractivity contribution in [1.82, 2.24) is 4.90 Å². The molecule has 0 saturated carbocycles. The summed E-state index contributed by atoms with van der Waals surface area (Å²) in [6.07, 6.45) is 1.83. The first-order chi connectivity index (χ1) is 4.75. The van der Waals surface area contributed by atoms with Crippen LogP contribution in [0, 0.1) is 0 Å². The molecule has 1 atom stereocenters. The van der Waals surface area contributed by atoms with E-state index in [9.17, 15) is 4.79 Å². The number of nitrogens with zero attached hydrogens (tertiary/aromatic N) is 1. The molecule has 10 heavy (non-hydrogen) atoms. The molecule has 1 amide bonds. The van der Waals surface area contributed by atoms with Crippen LogP contribution in [0.2, 0.25) is 0 Å². The van der Waals surface area contributed by atoms with Crippen LogP contribution in [-0.2, 0) is 4.79 Å². The van der Waals surface area contributed by atoms with Gasteiger partial charge in [0.25, 0.3) is 0 Å². The number of hydrogen-bond acceptors (Lipinski definition) is 3. The van der Waals surface area contributed by atoms with E-state index in [1.54, 1.807) is 4.90 Å². The molecule has 0 unspecified atom stereocenters. The zero-order valence-corrected chi connectivity index (χ0v) is 5.92. The topological polar surface area (TPSA) is 72.4 Å². The Bertz CT molecular complexity index is 137. The summed E-state index contributed by atoms with van der Waals surface area (Å²) in [4.78, 5) is 12.6. The van der Waals surface area contributed by atoms with Crippen molar-refractivity contribution in [3.8, 4) is 0 Å². The molecule has 4 N–H and O–H groups in total. The van der Waals surface area contributed by atoms with Gasteiger partial charge >= 0.3 is 0 Å². The first-order valence-corrected chi connectivity index (χ1v) is 3.51. The molecule has 0 aliphatic carbocycles. The van der Waals surface area contributed by atoms with Crippen LogP contribution in [0.25, 0.3) is 0 Å². The number of hydrogen-bond donors (Lipinski definition) is 2. The standard InChI is InChI=1S/C6H13N3O/c7-4-6(10)9-3-1-2-5(9)8/h5H,1-4,7-8H2/t5-/m0/s1. The first-order valence-electron chi connectivity index (χ1n) is 3.51. The zero-order chi connectivity index (χ0) is 7.56. The molecule has 4 heteroatoms. The third-order valence-electron chi connectivity index (χ3n) is 1.79. The smallest absolute Gasteiger partial charge is 0.237 e. The van der Waals surface area contributed by atoms with E-state index in [1.165, 1.54) is 0 Å². The van der Waals surface area contributed by atoms with Crippen LogP contribution in [0.1, 0.15) is 12.8 Å². The maximum absolute atomic E-state index is 10.9. The van der Waals surface area contributed by atoms with Crippen LogP contribution in [0.3, 0.4) is 0 Å². The molecule has 0 bridgehead atoms. The minimum atomic E-state index is -0.0870. The Balaban J connectivity index is 2.46. The van der Waals surface area contributed by atoms with Gasteiger partial charge < -0.3 is 16.4 Å². The molecule has 0 radical (unpaired) electrons. The second kappa shape index (κ2) is 2.98. The lowest BCUT2D eigenvalue weighted by Gasteiger charge is -2.19. The van der Waals surface area contributed by atoms with Gasteiger partial charge in [0.2, 0.25) is 5.91 Å². The summed E-state index contributed by atoms with van der Waals surface area (Å²) in [6, 6.07) is 0. The highest BCUT2D eigenvalue weighted by atomic mass is 16.2. The van der Waals surface area contributed by atoms with E-state index in [0.717, 1.165) is 19.4 Å². The summed E-state index contributed by atoms with van der Waals surface area (Å²) in [5.41, 5.74) is 10.8. The number of likely N-dealkylation sites (tertiary alicyclic amines) is 1. The van der Waals surface area contributed by atoms with Crippen LogP contribution < -0.4 is 11.5 Å². The van der Waals surface area contributed by atoms with Crippen LogP contribution >= 0.6 is 0 Å². The summed E-state index contributed by atoms with van der Waals surface area (Å²) in [5, 5.41) is 0. The number of rotatable bonds is 1. The normalized spacial score (nSPS) is 25.4. The largest absolute Gasteiger partial charge is 0.326 e. The second-order valence-corrected chi connectivity index (χ2v) is 2.50. The molecule has 1 fully saturated rings. The molecule has 1 heterocycles. The highest BCUT2D eigenvalue weighted by molar-refractivity contribution is 5.78. The minimum Gasteiger partial charge on any atom is -0.326 e. The Labute approximate surface area is 60.2 Å². The Kier molecular flexibility index (Phi) is 2.24. The summed E-state index contributed by atoms with van der Waals surface area (Å²) < 4.78 is 0. The predicted octanol–water partition coefficient (Wildman–Crippen LogP) is -1.15. The van der Waals surface area contributed by atoms with Crippen LogP contribution in [0.4, 0.5) is 0 Å². The van der Waals surface area contributed by atoms with E-state index < -0.39 is 0 Å². The lowest BCUT2D eigenvalue weighted by molar-refractivity contribution is -0.130.